The summed E-state index contributed by atoms with van der Waals surface area (Å²) in [5.41, 5.74) is -0.784. The molecule has 0 aliphatic heterocycles. The molecule has 1 heterocycles. The van der Waals surface area contributed by atoms with Gasteiger partial charge < -0.3 is 10.1 Å². The molecule has 8 heteroatoms. The van der Waals surface area contributed by atoms with Gasteiger partial charge in [-0.2, -0.15) is 14.8 Å². The average molecular weight is 313 g/mol. The van der Waals surface area contributed by atoms with Crippen LogP contribution in [0, 0.1) is 5.82 Å². The Balaban J connectivity index is 2.55. The molecule has 21 heavy (non-hydrogen) atoms. The number of anilines is 1. The largest absolute Gasteiger partial charge is 0.489 e. The van der Waals surface area contributed by atoms with Gasteiger partial charge >= 0.3 is 5.69 Å². The Morgan fingerprint density at radius 3 is 2.71 bits per heavy atom. The Labute approximate surface area is 125 Å². The summed E-state index contributed by atoms with van der Waals surface area (Å²) in [6.45, 7) is 3.63. The molecular weight excluding hydrogens is 299 g/mol. The SMILES string of the molecule is CNc1cnn(-c2cc(OC(C)C)c(Cl)cc2F)c(=O)n1. The van der Waals surface area contributed by atoms with E-state index in [1.165, 1.54) is 12.3 Å². The molecule has 0 saturated heterocycles. The number of hydrogen-bond acceptors (Lipinski definition) is 5. The second kappa shape index (κ2) is 6.09. The first-order valence-electron chi connectivity index (χ1n) is 6.22. The highest BCUT2D eigenvalue weighted by molar-refractivity contribution is 6.32. The molecule has 0 fully saturated rings. The number of nitrogens with zero attached hydrogens (tertiary/aromatic N) is 3. The van der Waals surface area contributed by atoms with Crippen LogP contribution in [0.1, 0.15) is 13.8 Å². The summed E-state index contributed by atoms with van der Waals surface area (Å²) in [6.07, 6.45) is 1.17. The second-order valence-electron chi connectivity index (χ2n) is 4.49. The van der Waals surface area contributed by atoms with Gasteiger partial charge in [0.05, 0.1) is 17.3 Å². The van der Waals surface area contributed by atoms with Crippen molar-refractivity contribution in [2.45, 2.75) is 20.0 Å². The van der Waals surface area contributed by atoms with E-state index in [9.17, 15) is 9.18 Å². The monoisotopic (exact) mass is 312 g/mol. The lowest BCUT2D eigenvalue weighted by molar-refractivity contribution is 0.242. The predicted octanol–water partition coefficient (Wildman–Crippen LogP) is 2.25. The highest BCUT2D eigenvalue weighted by Gasteiger charge is 2.15. The van der Waals surface area contributed by atoms with Crippen molar-refractivity contribution >= 4 is 17.4 Å². The molecule has 0 radical (unpaired) electrons. The van der Waals surface area contributed by atoms with E-state index in [0.29, 0.717) is 5.82 Å². The molecule has 0 atom stereocenters. The van der Waals surface area contributed by atoms with Crippen molar-refractivity contribution in [3.05, 3.63) is 39.7 Å². The smallest absolute Gasteiger partial charge is 0.370 e. The van der Waals surface area contributed by atoms with Gasteiger partial charge in [-0.3, -0.25) is 0 Å². The number of hydrogen-bond donors (Lipinski definition) is 1. The molecule has 0 aliphatic carbocycles. The molecule has 112 valence electrons. The minimum absolute atomic E-state index is 0.0739. The highest BCUT2D eigenvalue weighted by atomic mass is 35.5. The first kappa shape index (κ1) is 15.2. The summed E-state index contributed by atoms with van der Waals surface area (Å²) in [5, 5.41) is 6.67. The van der Waals surface area contributed by atoms with Gasteiger partial charge in [0.15, 0.2) is 11.6 Å². The van der Waals surface area contributed by atoms with Gasteiger partial charge in [0.1, 0.15) is 11.4 Å². The zero-order valence-corrected chi connectivity index (χ0v) is 12.5. The fraction of sp³-hybridized carbons (Fsp3) is 0.308. The normalized spacial score (nSPS) is 10.8. The number of aromatic nitrogens is 3. The highest BCUT2D eigenvalue weighted by Crippen LogP contribution is 2.29. The van der Waals surface area contributed by atoms with Gasteiger partial charge in [-0.25, -0.2) is 9.18 Å². The standard InChI is InChI=1S/C13H14ClFN4O2/c1-7(2)21-11-5-10(9(15)4-8(11)14)19-13(20)18-12(16-3)6-17-19/h4-7H,1-3H3,(H,16,18,20). The third-order valence-corrected chi connectivity index (χ3v) is 2.84. The van der Waals surface area contributed by atoms with Gasteiger partial charge in [0, 0.05) is 13.1 Å². The summed E-state index contributed by atoms with van der Waals surface area (Å²) in [5.74, 6) is -0.122. The van der Waals surface area contributed by atoms with Crippen LogP contribution in [0.15, 0.2) is 23.1 Å². The van der Waals surface area contributed by atoms with E-state index in [1.54, 1.807) is 7.05 Å². The van der Waals surface area contributed by atoms with Gasteiger partial charge in [-0.1, -0.05) is 11.6 Å². The first-order chi connectivity index (χ1) is 9.92. The van der Waals surface area contributed by atoms with E-state index >= 15 is 0 Å². The maximum absolute atomic E-state index is 14.0. The van der Waals surface area contributed by atoms with Crippen LogP contribution < -0.4 is 15.7 Å². The van der Waals surface area contributed by atoms with Gasteiger partial charge in [-0.05, 0) is 19.9 Å². The van der Waals surface area contributed by atoms with Gasteiger partial charge in [-0.15, -0.1) is 0 Å². The zero-order chi connectivity index (χ0) is 15.6. The summed E-state index contributed by atoms with van der Waals surface area (Å²) in [6, 6.07) is 2.40. The predicted molar refractivity (Wildman–Crippen MR) is 77.9 cm³/mol. The topological polar surface area (TPSA) is 69.0 Å². The van der Waals surface area contributed by atoms with E-state index in [4.69, 9.17) is 16.3 Å². The van der Waals surface area contributed by atoms with Crippen LogP contribution in [0.4, 0.5) is 10.2 Å². The van der Waals surface area contributed by atoms with Crippen LogP contribution in [0.25, 0.3) is 5.69 Å². The summed E-state index contributed by atoms with van der Waals surface area (Å²) < 4.78 is 20.4. The summed E-state index contributed by atoms with van der Waals surface area (Å²) in [4.78, 5) is 15.6. The molecule has 1 aromatic carbocycles. The minimum Gasteiger partial charge on any atom is -0.489 e. The Hall–Kier alpha value is -2.15. The molecule has 0 unspecified atom stereocenters. The molecule has 0 bridgehead atoms. The fourth-order valence-electron chi connectivity index (χ4n) is 1.65. The number of halogens is 2. The van der Waals surface area contributed by atoms with Crippen molar-refractivity contribution in [3.63, 3.8) is 0 Å². The third-order valence-electron chi connectivity index (χ3n) is 2.54. The van der Waals surface area contributed by atoms with E-state index in [2.05, 4.69) is 15.4 Å². The summed E-state index contributed by atoms with van der Waals surface area (Å²) >= 11 is 5.92. The van der Waals surface area contributed by atoms with Crippen LogP contribution >= 0.6 is 11.6 Å². The molecule has 6 nitrogen and oxygen atoms in total. The average Bonchev–Trinajstić information content (AvgIpc) is 2.42. The Morgan fingerprint density at radius 2 is 2.14 bits per heavy atom. The third kappa shape index (κ3) is 3.30. The number of nitrogens with one attached hydrogen (secondary N) is 1. The fourth-order valence-corrected chi connectivity index (χ4v) is 1.85. The van der Waals surface area contributed by atoms with Crippen LogP contribution in [-0.4, -0.2) is 27.9 Å². The molecule has 2 aromatic rings. The maximum atomic E-state index is 14.0. The molecular formula is C13H14ClFN4O2. The van der Waals surface area contributed by atoms with E-state index in [1.807, 2.05) is 13.8 Å². The number of benzene rings is 1. The molecule has 0 aliphatic rings. The van der Waals surface area contributed by atoms with Crippen molar-refractivity contribution in [2.24, 2.45) is 0 Å². The van der Waals surface area contributed by atoms with Crippen LogP contribution in [0.3, 0.4) is 0 Å². The zero-order valence-electron chi connectivity index (χ0n) is 11.7. The van der Waals surface area contributed by atoms with Crippen molar-refractivity contribution in [1.29, 1.82) is 0 Å². The molecule has 0 spiro atoms. The lowest BCUT2D eigenvalue weighted by atomic mass is 10.3. The van der Waals surface area contributed by atoms with E-state index in [0.717, 1.165) is 10.7 Å². The van der Waals surface area contributed by atoms with Crippen molar-refractivity contribution in [1.82, 2.24) is 14.8 Å². The van der Waals surface area contributed by atoms with Crippen LogP contribution in [-0.2, 0) is 0 Å². The van der Waals surface area contributed by atoms with E-state index in [-0.39, 0.29) is 22.6 Å². The van der Waals surface area contributed by atoms with Gasteiger partial charge in [0.25, 0.3) is 0 Å². The molecule has 0 saturated carbocycles. The Kier molecular flexibility index (Phi) is 4.42. The van der Waals surface area contributed by atoms with Crippen molar-refractivity contribution in [2.75, 3.05) is 12.4 Å². The van der Waals surface area contributed by atoms with Crippen LogP contribution in [0.5, 0.6) is 5.75 Å². The molecule has 2 rings (SSSR count). The number of rotatable bonds is 4. The lowest BCUT2D eigenvalue weighted by Gasteiger charge is -2.13. The molecule has 1 N–H and O–H groups in total. The minimum atomic E-state index is -0.710. The van der Waals surface area contributed by atoms with Crippen molar-refractivity contribution in [3.8, 4) is 11.4 Å². The molecule has 0 amide bonds. The Bertz CT molecular complexity index is 718. The first-order valence-corrected chi connectivity index (χ1v) is 6.60. The lowest BCUT2D eigenvalue weighted by Crippen LogP contribution is -2.25. The molecule has 1 aromatic heterocycles. The van der Waals surface area contributed by atoms with Crippen LogP contribution in [0.2, 0.25) is 5.02 Å². The van der Waals surface area contributed by atoms with Gasteiger partial charge in [0.2, 0.25) is 0 Å². The Morgan fingerprint density at radius 1 is 1.43 bits per heavy atom. The number of ether oxygens (including phenoxy) is 1. The van der Waals surface area contributed by atoms with E-state index < -0.39 is 11.5 Å². The quantitative estimate of drug-likeness (QED) is 0.937. The van der Waals surface area contributed by atoms with Crippen molar-refractivity contribution < 1.29 is 9.13 Å². The maximum Gasteiger partial charge on any atom is 0.370 e. The summed E-state index contributed by atoms with van der Waals surface area (Å²) in [7, 11) is 1.60. The second-order valence-corrected chi connectivity index (χ2v) is 4.89.